The quantitative estimate of drug-likeness (QED) is 0.865. The molecule has 0 unspecified atom stereocenters. The predicted molar refractivity (Wildman–Crippen MR) is 76.9 cm³/mol. The van der Waals surface area contributed by atoms with E-state index < -0.39 is 0 Å². The molecule has 0 aliphatic heterocycles. The molecular formula is C17H18FN. The Hall–Kier alpha value is -1.83. The smallest absolute Gasteiger partial charge is 0.128 e. The van der Waals surface area contributed by atoms with Crippen LogP contribution >= 0.6 is 0 Å². The van der Waals surface area contributed by atoms with Crippen LogP contribution in [-0.2, 0) is 19.4 Å². The topological polar surface area (TPSA) is 12.0 Å². The van der Waals surface area contributed by atoms with Crippen LogP contribution in [0.15, 0.2) is 36.4 Å². The third kappa shape index (κ3) is 2.48. The van der Waals surface area contributed by atoms with Gasteiger partial charge in [0, 0.05) is 17.8 Å². The van der Waals surface area contributed by atoms with Crippen molar-refractivity contribution in [3.8, 4) is 0 Å². The molecule has 2 aromatic carbocycles. The van der Waals surface area contributed by atoms with E-state index in [-0.39, 0.29) is 5.82 Å². The number of anilines is 1. The first-order valence-electron chi connectivity index (χ1n) is 6.84. The third-order valence-corrected chi connectivity index (χ3v) is 3.86. The van der Waals surface area contributed by atoms with E-state index in [9.17, 15) is 4.39 Å². The lowest BCUT2D eigenvalue weighted by Gasteiger charge is -2.12. The maximum absolute atomic E-state index is 14.0. The minimum absolute atomic E-state index is 0.0831. The van der Waals surface area contributed by atoms with Gasteiger partial charge in [-0.1, -0.05) is 23.8 Å². The summed E-state index contributed by atoms with van der Waals surface area (Å²) in [6.45, 7) is 2.63. The lowest BCUT2D eigenvalue weighted by molar-refractivity contribution is 0.610. The molecule has 0 radical (unpaired) electrons. The summed E-state index contributed by atoms with van der Waals surface area (Å²) in [5.41, 5.74) is 5.66. The minimum atomic E-state index is -0.0831. The van der Waals surface area contributed by atoms with Gasteiger partial charge in [0.25, 0.3) is 0 Å². The molecule has 1 nitrogen and oxygen atoms in total. The summed E-state index contributed by atoms with van der Waals surface area (Å²) in [5.74, 6) is -0.0831. The van der Waals surface area contributed by atoms with Crippen molar-refractivity contribution >= 4 is 5.69 Å². The fourth-order valence-corrected chi connectivity index (χ4v) is 2.77. The third-order valence-electron chi connectivity index (χ3n) is 3.86. The number of fused-ring (bicyclic) bond motifs is 1. The first kappa shape index (κ1) is 12.2. The number of benzene rings is 2. The van der Waals surface area contributed by atoms with Crippen LogP contribution in [0.25, 0.3) is 0 Å². The second-order valence-corrected chi connectivity index (χ2v) is 5.24. The fraction of sp³-hybridized carbons (Fsp3) is 0.294. The van der Waals surface area contributed by atoms with Crippen LogP contribution in [0.2, 0.25) is 0 Å². The maximum Gasteiger partial charge on any atom is 0.128 e. The highest BCUT2D eigenvalue weighted by atomic mass is 19.1. The van der Waals surface area contributed by atoms with Crippen LogP contribution in [0.5, 0.6) is 0 Å². The SMILES string of the molecule is Cc1ccc(NCc2c(F)ccc3c2CCC3)cc1. The van der Waals surface area contributed by atoms with Crippen molar-refractivity contribution in [3.05, 3.63) is 64.5 Å². The molecule has 2 heteroatoms. The van der Waals surface area contributed by atoms with Gasteiger partial charge in [-0.15, -0.1) is 0 Å². The Bertz CT molecular complexity index is 587. The van der Waals surface area contributed by atoms with Crippen molar-refractivity contribution in [3.63, 3.8) is 0 Å². The number of nitrogens with one attached hydrogen (secondary N) is 1. The fourth-order valence-electron chi connectivity index (χ4n) is 2.77. The van der Waals surface area contributed by atoms with Gasteiger partial charge >= 0.3 is 0 Å². The van der Waals surface area contributed by atoms with E-state index in [4.69, 9.17) is 0 Å². The molecule has 0 saturated carbocycles. The van der Waals surface area contributed by atoms with Crippen LogP contribution in [0.4, 0.5) is 10.1 Å². The monoisotopic (exact) mass is 255 g/mol. The number of halogens is 1. The van der Waals surface area contributed by atoms with E-state index in [1.165, 1.54) is 16.7 Å². The number of hydrogen-bond donors (Lipinski definition) is 1. The number of rotatable bonds is 3. The summed E-state index contributed by atoms with van der Waals surface area (Å²) in [7, 11) is 0. The molecule has 1 aliphatic rings. The van der Waals surface area contributed by atoms with Gasteiger partial charge in [-0.2, -0.15) is 0 Å². The van der Waals surface area contributed by atoms with Crippen LogP contribution in [0, 0.1) is 12.7 Å². The molecule has 0 bridgehead atoms. The van der Waals surface area contributed by atoms with E-state index in [1.807, 2.05) is 18.2 Å². The van der Waals surface area contributed by atoms with Gasteiger partial charge in [-0.05, 0) is 55.5 Å². The summed E-state index contributed by atoms with van der Waals surface area (Å²) in [4.78, 5) is 0. The Morgan fingerprint density at radius 1 is 1.05 bits per heavy atom. The molecule has 19 heavy (non-hydrogen) atoms. The van der Waals surface area contributed by atoms with Crippen molar-refractivity contribution in [1.82, 2.24) is 0 Å². The number of aryl methyl sites for hydroxylation is 2. The molecule has 1 aliphatic carbocycles. The van der Waals surface area contributed by atoms with Gasteiger partial charge in [-0.25, -0.2) is 4.39 Å². The van der Waals surface area contributed by atoms with Gasteiger partial charge in [0.2, 0.25) is 0 Å². The summed E-state index contributed by atoms with van der Waals surface area (Å²) >= 11 is 0. The van der Waals surface area contributed by atoms with E-state index >= 15 is 0 Å². The summed E-state index contributed by atoms with van der Waals surface area (Å²) in [6.07, 6.45) is 3.25. The second-order valence-electron chi connectivity index (χ2n) is 5.24. The van der Waals surface area contributed by atoms with Crippen molar-refractivity contribution in [1.29, 1.82) is 0 Å². The highest BCUT2D eigenvalue weighted by Crippen LogP contribution is 2.28. The van der Waals surface area contributed by atoms with E-state index in [1.54, 1.807) is 6.07 Å². The van der Waals surface area contributed by atoms with Gasteiger partial charge in [-0.3, -0.25) is 0 Å². The van der Waals surface area contributed by atoms with Crippen LogP contribution in [-0.4, -0.2) is 0 Å². The standard InChI is InChI=1S/C17H18FN/c1-12-5-8-14(9-6-12)19-11-16-15-4-2-3-13(15)7-10-17(16)18/h5-10,19H,2-4,11H2,1H3. The predicted octanol–water partition coefficient (Wildman–Crippen LogP) is 4.23. The van der Waals surface area contributed by atoms with Gasteiger partial charge in [0.05, 0.1) is 0 Å². The molecule has 0 fully saturated rings. The molecule has 1 N–H and O–H groups in total. The van der Waals surface area contributed by atoms with E-state index in [2.05, 4.69) is 24.4 Å². The molecule has 0 saturated heterocycles. The Morgan fingerprint density at radius 2 is 1.84 bits per heavy atom. The summed E-state index contributed by atoms with van der Waals surface area (Å²) < 4.78 is 14.0. The van der Waals surface area contributed by atoms with Gasteiger partial charge < -0.3 is 5.32 Å². The molecule has 0 aromatic heterocycles. The molecule has 98 valence electrons. The van der Waals surface area contributed by atoms with E-state index in [0.717, 1.165) is 30.5 Å². The molecule has 0 amide bonds. The summed E-state index contributed by atoms with van der Waals surface area (Å²) in [5, 5.41) is 3.32. The second kappa shape index (κ2) is 5.04. The molecule has 3 rings (SSSR count). The maximum atomic E-state index is 14.0. The number of hydrogen-bond acceptors (Lipinski definition) is 1. The highest BCUT2D eigenvalue weighted by Gasteiger charge is 2.17. The molecular weight excluding hydrogens is 237 g/mol. The van der Waals surface area contributed by atoms with Crippen LogP contribution in [0.3, 0.4) is 0 Å². The minimum Gasteiger partial charge on any atom is -0.381 e. The normalized spacial score (nSPS) is 13.4. The molecule has 0 atom stereocenters. The Kier molecular flexibility index (Phi) is 3.24. The van der Waals surface area contributed by atoms with Crippen LogP contribution in [0.1, 0.15) is 28.7 Å². The zero-order valence-corrected chi connectivity index (χ0v) is 11.2. The van der Waals surface area contributed by atoms with Crippen molar-refractivity contribution in [2.75, 3.05) is 5.32 Å². The molecule has 0 heterocycles. The molecule has 0 spiro atoms. The van der Waals surface area contributed by atoms with Gasteiger partial charge in [0.15, 0.2) is 0 Å². The zero-order chi connectivity index (χ0) is 13.2. The van der Waals surface area contributed by atoms with Crippen molar-refractivity contribution in [2.45, 2.75) is 32.7 Å². The van der Waals surface area contributed by atoms with Crippen LogP contribution < -0.4 is 5.32 Å². The Labute approximate surface area is 113 Å². The van der Waals surface area contributed by atoms with E-state index in [0.29, 0.717) is 6.54 Å². The first-order chi connectivity index (χ1) is 9.24. The largest absolute Gasteiger partial charge is 0.381 e. The zero-order valence-electron chi connectivity index (χ0n) is 11.2. The lowest BCUT2D eigenvalue weighted by atomic mass is 10.0. The van der Waals surface area contributed by atoms with Gasteiger partial charge in [0.1, 0.15) is 5.82 Å². The molecule has 2 aromatic rings. The summed E-state index contributed by atoms with van der Waals surface area (Å²) in [6, 6.07) is 11.7. The Morgan fingerprint density at radius 3 is 2.63 bits per heavy atom. The Balaban J connectivity index is 1.80. The first-order valence-corrected chi connectivity index (χ1v) is 6.84. The lowest BCUT2D eigenvalue weighted by Crippen LogP contribution is -2.05. The van der Waals surface area contributed by atoms with Crippen molar-refractivity contribution in [2.24, 2.45) is 0 Å². The van der Waals surface area contributed by atoms with Crippen molar-refractivity contribution < 1.29 is 4.39 Å². The average molecular weight is 255 g/mol. The highest BCUT2D eigenvalue weighted by molar-refractivity contribution is 5.47. The average Bonchev–Trinajstić information content (AvgIpc) is 2.88.